The number of ether oxygens (including phenoxy) is 1. The van der Waals surface area contributed by atoms with Crippen LogP contribution in [0, 0.1) is 0 Å². The molecule has 0 unspecified atom stereocenters. The van der Waals surface area contributed by atoms with Gasteiger partial charge in [0.1, 0.15) is 5.00 Å². The number of benzene rings is 3. The maximum absolute atomic E-state index is 13.8. The molecule has 0 saturated carbocycles. The minimum Gasteiger partial charge on any atom is -0.450 e. The first-order valence-corrected chi connectivity index (χ1v) is 14.6. The molecule has 0 atom stereocenters. The van der Waals surface area contributed by atoms with Crippen molar-refractivity contribution in [3.05, 3.63) is 88.3 Å². The van der Waals surface area contributed by atoms with E-state index in [1.54, 1.807) is 18.0 Å². The molecule has 4 aromatic rings. The lowest BCUT2D eigenvalue weighted by atomic mass is 10.0. The molecule has 0 bridgehead atoms. The number of nitrogens with zero attached hydrogens (tertiary/aromatic N) is 3. The molecule has 1 aromatic heterocycles. The number of hydrogen-bond donors (Lipinski definition) is 1. The van der Waals surface area contributed by atoms with Crippen molar-refractivity contribution in [2.45, 2.75) is 33.7 Å². The quantitative estimate of drug-likeness (QED) is 0.233. The Bertz CT molecular complexity index is 1530. The summed E-state index contributed by atoms with van der Waals surface area (Å²) in [6, 6.07) is 22.2. The number of carbonyl (C=O) groups excluding carboxylic acids is 2. The Balaban J connectivity index is 1.48. The molecule has 0 saturated heterocycles. The highest BCUT2D eigenvalue weighted by molar-refractivity contribution is 7.16. The van der Waals surface area contributed by atoms with Gasteiger partial charge in [0.25, 0.3) is 5.91 Å². The second kappa shape index (κ2) is 12.3. The van der Waals surface area contributed by atoms with Crippen molar-refractivity contribution in [2.75, 3.05) is 36.5 Å². The first-order valence-electron chi connectivity index (χ1n) is 13.8. The third-order valence-electron chi connectivity index (χ3n) is 7.18. The van der Waals surface area contributed by atoms with Gasteiger partial charge >= 0.3 is 6.09 Å². The summed E-state index contributed by atoms with van der Waals surface area (Å²) < 4.78 is 5.23. The average Bonchev–Trinajstić information content (AvgIpc) is 3.35. The molecule has 1 aliphatic rings. The number of aliphatic imine (C=N–C) groups is 1. The first-order chi connectivity index (χ1) is 19.5. The number of anilines is 2. The molecule has 0 spiro atoms. The fraction of sp³-hybridized carbons (Fsp3) is 0.281. The molecular weight excluding hydrogens is 520 g/mol. The van der Waals surface area contributed by atoms with Gasteiger partial charge in [-0.1, -0.05) is 48.5 Å². The highest BCUT2D eigenvalue weighted by atomic mass is 32.1. The fourth-order valence-corrected chi connectivity index (χ4v) is 6.30. The van der Waals surface area contributed by atoms with Gasteiger partial charge < -0.3 is 19.9 Å². The van der Waals surface area contributed by atoms with Crippen molar-refractivity contribution >= 4 is 56.7 Å². The van der Waals surface area contributed by atoms with Gasteiger partial charge in [0, 0.05) is 47.5 Å². The number of thiophene rings is 1. The van der Waals surface area contributed by atoms with Gasteiger partial charge in [0.2, 0.25) is 0 Å². The Morgan fingerprint density at radius 3 is 2.52 bits per heavy atom. The largest absolute Gasteiger partial charge is 0.450 e. The van der Waals surface area contributed by atoms with Crippen LogP contribution in [0.25, 0.3) is 10.8 Å². The lowest BCUT2D eigenvalue weighted by molar-refractivity contribution is 0.102. The highest BCUT2D eigenvalue weighted by Gasteiger charge is 2.30. The van der Waals surface area contributed by atoms with Gasteiger partial charge in [-0.05, 0) is 61.9 Å². The first kappa shape index (κ1) is 27.4. The van der Waals surface area contributed by atoms with Crippen LogP contribution in [0.15, 0.2) is 71.7 Å². The molecular formula is C32H34N4O3S. The summed E-state index contributed by atoms with van der Waals surface area (Å²) in [6.45, 7) is 9.21. The van der Waals surface area contributed by atoms with E-state index in [4.69, 9.17) is 9.73 Å². The highest BCUT2D eigenvalue weighted by Crippen LogP contribution is 2.40. The maximum Gasteiger partial charge on any atom is 0.410 e. The molecule has 1 aliphatic heterocycles. The van der Waals surface area contributed by atoms with Crippen LogP contribution < -0.4 is 10.2 Å². The van der Waals surface area contributed by atoms with Crippen LogP contribution in [-0.4, -0.2) is 49.4 Å². The van der Waals surface area contributed by atoms with E-state index in [1.807, 2.05) is 54.6 Å². The smallest absolute Gasteiger partial charge is 0.410 e. The molecule has 206 valence electrons. The predicted octanol–water partition coefficient (Wildman–Crippen LogP) is 7.27. The van der Waals surface area contributed by atoms with Gasteiger partial charge in [0.05, 0.1) is 18.7 Å². The van der Waals surface area contributed by atoms with E-state index in [-0.39, 0.29) is 12.0 Å². The molecule has 2 amide bonds. The van der Waals surface area contributed by atoms with Gasteiger partial charge in [-0.15, -0.1) is 11.3 Å². The van der Waals surface area contributed by atoms with Gasteiger partial charge in [-0.25, -0.2) is 9.79 Å². The summed E-state index contributed by atoms with van der Waals surface area (Å²) in [5.74, 6) is -0.192. The molecule has 2 heterocycles. The summed E-state index contributed by atoms with van der Waals surface area (Å²) in [7, 11) is 0. The minimum atomic E-state index is -0.332. The summed E-state index contributed by atoms with van der Waals surface area (Å²) in [5, 5.41) is 5.83. The van der Waals surface area contributed by atoms with Crippen molar-refractivity contribution in [3.63, 3.8) is 0 Å². The summed E-state index contributed by atoms with van der Waals surface area (Å²) >= 11 is 1.46. The summed E-state index contributed by atoms with van der Waals surface area (Å²) in [6.07, 6.45) is 2.04. The topological polar surface area (TPSA) is 74.2 Å². The van der Waals surface area contributed by atoms with Crippen molar-refractivity contribution in [1.82, 2.24) is 4.90 Å². The van der Waals surface area contributed by atoms with Crippen molar-refractivity contribution in [2.24, 2.45) is 4.99 Å². The molecule has 0 fully saturated rings. The molecule has 40 heavy (non-hydrogen) atoms. The Labute approximate surface area is 239 Å². The van der Waals surface area contributed by atoms with Crippen LogP contribution in [0.1, 0.15) is 47.1 Å². The van der Waals surface area contributed by atoms with E-state index in [0.717, 1.165) is 45.6 Å². The maximum atomic E-state index is 13.8. The molecule has 3 aromatic carbocycles. The summed E-state index contributed by atoms with van der Waals surface area (Å²) in [5.41, 5.74) is 4.41. The normalized spacial score (nSPS) is 12.9. The Morgan fingerprint density at radius 2 is 1.77 bits per heavy atom. The third-order valence-corrected chi connectivity index (χ3v) is 8.31. The van der Waals surface area contributed by atoms with Crippen LogP contribution in [0.4, 0.5) is 21.2 Å². The zero-order valence-electron chi connectivity index (χ0n) is 23.1. The number of nitrogens with one attached hydrogen (secondary N) is 1. The molecule has 0 aliphatic carbocycles. The van der Waals surface area contributed by atoms with Crippen molar-refractivity contribution in [1.29, 1.82) is 0 Å². The monoisotopic (exact) mass is 554 g/mol. The van der Waals surface area contributed by atoms with Gasteiger partial charge in [0.15, 0.2) is 0 Å². The van der Waals surface area contributed by atoms with E-state index in [1.165, 1.54) is 17.0 Å². The Kier molecular flexibility index (Phi) is 8.45. The molecule has 8 heteroatoms. The Hall–Kier alpha value is -4.17. The lowest BCUT2D eigenvalue weighted by Gasteiger charge is -2.26. The number of rotatable bonds is 8. The van der Waals surface area contributed by atoms with E-state index >= 15 is 0 Å². The molecule has 7 nitrogen and oxygen atoms in total. The van der Waals surface area contributed by atoms with E-state index in [9.17, 15) is 9.59 Å². The second-order valence-corrected chi connectivity index (χ2v) is 10.6. The van der Waals surface area contributed by atoms with Crippen LogP contribution >= 0.6 is 11.3 Å². The molecule has 1 N–H and O–H groups in total. The number of carbonyl (C=O) groups is 2. The standard InChI is InChI=1S/C32H34N4O3S/c1-4-35(5-2)24-16-14-22(15-17-24)20-33-31-29(26-18-19-36(21-28(26)40-31)32(38)39-6-3)30(37)34-27-13-9-11-23-10-7-8-12-25(23)27/h7-17,20H,4-6,18-19,21H2,1-3H3,(H,34,37)/b33-20+. The fourth-order valence-electron chi connectivity index (χ4n) is 5.10. The number of hydrogen-bond acceptors (Lipinski definition) is 6. The van der Waals surface area contributed by atoms with Crippen molar-refractivity contribution < 1.29 is 14.3 Å². The van der Waals surface area contributed by atoms with Gasteiger partial charge in [-0.3, -0.25) is 4.79 Å². The summed E-state index contributed by atoms with van der Waals surface area (Å²) in [4.78, 5) is 36.0. The third kappa shape index (κ3) is 5.72. The molecule has 0 radical (unpaired) electrons. The Morgan fingerprint density at radius 1 is 1.02 bits per heavy atom. The van der Waals surface area contributed by atoms with Crippen molar-refractivity contribution in [3.8, 4) is 0 Å². The molecule has 5 rings (SSSR count). The van der Waals surface area contributed by atoms with Crippen LogP contribution in [-0.2, 0) is 17.7 Å². The van der Waals surface area contributed by atoms with Crippen LogP contribution in [0.5, 0.6) is 0 Å². The average molecular weight is 555 g/mol. The second-order valence-electron chi connectivity index (χ2n) is 9.56. The van der Waals surface area contributed by atoms with E-state index in [2.05, 4.69) is 36.2 Å². The number of fused-ring (bicyclic) bond motifs is 2. The minimum absolute atomic E-state index is 0.192. The van der Waals surface area contributed by atoms with Crippen LogP contribution in [0.2, 0.25) is 0 Å². The lowest BCUT2D eigenvalue weighted by Crippen LogP contribution is -2.36. The zero-order chi connectivity index (χ0) is 28.1. The SMILES string of the molecule is CCOC(=O)N1CCc2c(sc(/N=C/c3ccc(N(CC)CC)cc3)c2C(=O)Nc2cccc3ccccc23)C1. The van der Waals surface area contributed by atoms with Crippen LogP contribution in [0.3, 0.4) is 0 Å². The number of amides is 2. The van der Waals surface area contributed by atoms with Gasteiger partial charge in [-0.2, -0.15) is 0 Å². The zero-order valence-corrected chi connectivity index (χ0v) is 24.0. The predicted molar refractivity (Wildman–Crippen MR) is 165 cm³/mol. The van der Waals surface area contributed by atoms with E-state index in [0.29, 0.717) is 36.7 Å². The van der Waals surface area contributed by atoms with E-state index < -0.39 is 0 Å².